The largest absolute Gasteiger partial charge is 0.350 e. The van der Waals surface area contributed by atoms with E-state index in [2.05, 4.69) is 15.0 Å². The summed E-state index contributed by atoms with van der Waals surface area (Å²) in [4.78, 5) is 16.1. The molecule has 2 N–H and O–H groups in total. The summed E-state index contributed by atoms with van der Waals surface area (Å²) in [6.45, 7) is 4.06. The molecular weight excluding hydrogens is 326 g/mol. The number of aromatic nitrogens is 1. The van der Waals surface area contributed by atoms with Crippen LogP contribution in [-0.2, 0) is 16.6 Å². The number of pyridine rings is 1. The molecule has 7 heteroatoms. The molecule has 0 fully saturated rings. The van der Waals surface area contributed by atoms with Crippen molar-refractivity contribution in [2.75, 3.05) is 0 Å². The maximum Gasteiger partial charge on any atom is 0.251 e. The van der Waals surface area contributed by atoms with E-state index in [4.69, 9.17) is 0 Å². The van der Waals surface area contributed by atoms with Crippen LogP contribution in [0.2, 0.25) is 0 Å². The van der Waals surface area contributed by atoms with Gasteiger partial charge in [0.1, 0.15) is 0 Å². The molecule has 0 aliphatic carbocycles. The first-order valence-corrected chi connectivity index (χ1v) is 9.20. The van der Waals surface area contributed by atoms with Crippen LogP contribution in [0.5, 0.6) is 0 Å². The van der Waals surface area contributed by atoms with Gasteiger partial charge in [0, 0.05) is 30.5 Å². The molecule has 24 heavy (non-hydrogen) atoms. The van der Waals surface area contributed by atoms with Crippen molar-refractivity contribution in [3.05, 3.63) is 59.9 Å². The zero-order chi connectivity index (χ0) is 17.6. The van der Waals surface area contributed by atoms with Crippen LogP contribution in [0, 0.1) is 0 Å². The number of nitrogens with zero attached hydrogens (tertiary/aromatic N) is 1. The lowest BCUT2D eigenvalue weighted by Gasteiger charge is -2.12. The molecule has 0 saturated heterocycles. The Bertz CT molecular complexity index is 774. The summed E-state index contributed by atoms with van der Waals surface area (Å²) in [6.07, 6.45) is 4.06. The number of amides is 1. The Kier molecular flexibility index (Phi) is 6.05. The standard InChI is InChI=1S/C17H21N3O3S/c1-3-13(2)20-17(21)15-6-8-16(9-7-15)24(22,23)19-12-14-5-4-10-18-11-14/h4-11,13,19H,3,12H2,1-2H3,(H,20,21). The highest BCUT2D eigenvalue weighted by molar-refractivity contribution is 7.89. The number of rotatable bonds is 7. The Morgan fingerprint density at radius 3 is 2.50 bits per heavy atom. The summed E-state index contributed by atoms with van der Waals surface area (Å²) in [7, 11) is -3.64. The maximum absolute atomic E-state index is 12.3. The molecule has 0 bridgehead atoms. The topological polar surface area (TPSA) is 88.2 Å². The third-order valence-corrected chi connectivity index (χ3v) is 5.02. The zero-order valence-corrected chi connectivity index (χ0v) is 14.5. The summed E-state index contributed by atoms with van der Waals surface area (Å²) in [5.41, 5.74) is 1.20. The first kappa shape index (κ1) is 18.1. The third kappa shape index (κ3) is 4.87. The summed E-state index contributed by atoms with van der Waals surface area (Å²) < 4.78 is 27.1. The molecule has 0 spiro atoms. The molecule has 128 valence electrons. The highest BCUT2D eigenvalue weighted by Crippen LogP contribution is 2.11. The summed E-state index contributed by atoms with van der Waals surface area (Å²) >= 11 is 0. The molecule has 1 unspecified atom stereocenters. The fourth-order valence-corrected chi connectivity index (χ4v) is 2.98. The van der Waals surface area contributed by atoms with E-state index in [0.29, 0.717) is 5.56 Å². The lowest BCUT2D eigenvalue weighted by Crippen LogP contribution is -2.32. The number of carbonyl (C=O) groups excluding carboxylic acids is 1. The first-order chi connectivity index (χ1) is 11.4. The SMILES string of the molecule is CCC(C)NC(=O)c1ccc(S(=O)(=O)NCc2cccnc2)cc1. The van der Waals surface area contributed by atoms with Crippen molar-refractivity contribution < 1.29 is 13.2 Å². The third-order valence-electron chi connectivity index (χ3n) is 3.61. The second-order valence-electron chi connectivity index (χ2n) is 5.49. The van der Waals surface area contributed by atoms with E-state index in [1.807, 2.05) is 13.8 Å². The van der Waals surface area contributed by atoms with Crippen LogP contribution in [0.4, 0.5) is 0 Å². The number of hydrogen-bond donors (Lipinski definition) is 2. The molecule has 2 aromatic rings. The monoisotopic (exact) mass is 347 g/mol. The van der Waals surface area contributed by atoms with E-state index in [-0.39, 0.29) is 23.4 Å². The van der Waals surface area contributed by atoms with Crippen LogP contribution in [-0.4, -0.2) is 25.4 Å². The van der Waals surface area contributed by atoms with Gasteiger partial charge in [-0.1, -0.05) is 13.0 Å². The van der Waals surface area contributed by atoms with Crippen molar-refractivity contribution >= 4 is 15.9 Å². The van der Waals surface area contributed by atoms with Crippen molar-refractivity contribution in [3.8, 4) is 0 Å². The van der Waals surface area contributed by atoms with Crippen molar-refractivity contribution in [1.29, 1.82) is 0 Å². The van der Waals surface area contributed by atoms with E-state index in [1.54, 1.807) is 24.5 Å². The van der Waals surface area contributed by atoms with Crippen molar-refractivity contribution in [2.24, 2.45) is 0 Å². The van der Waals surface area contributed by atoms with E-state index >= 15 is 0 Å². The predicted molar refractivity (Wildman–Crippen MR) is 91.9 cm³/mol. The fourth-order valence-electron chi connectivity index (χ4n) is 1.96. The normalized spacial score (nSPS) is 12.6. The number of sulfonamides is 1. The molecule has 1 aromatic heterocycles. The van der Waals surface area contributed by atoms with E-state index < -0.39 is 10.0 Å². The van der Waals surface area contributed by atoms with Gasteiger partial charge in [0.05, 0.1) is 4.90 Å². The molecule has 1 atom stereocenters. The number of nitrogens with one attached hydrogen (secondary N) is 2. The van der Waals surface area contributed by atoms with E-state index in [1.165, 1.54) is 24.3 Å². The lowest BCUT2D eigenvalue weighted by molar-refractivity contribution is 0.0939. The first-order valence-electron chi connectivity index (χ1n) is 7.72. The van der Waals surface area contributed by atoms with Gasteiger partial charge in [0.2, 0.25) is 10.0 Å². The Morgan fingerprint density at radius 2 is 1.92 bits per heavy atom. The van der Waals surface area contributed by atoms with Gasteiger partial charge in [-0.3, -0.25) is 9.78 Å². The minimum Gasteiger partial charge on any atom is -0.350 e. The highest BCUT2D eigenvalue weighted by Gasteiger charge is 2.15. The average molecular weight is 347 g/mol. The summed E-state index contributed by atoms with van der Waals surface area (Å²) in [6, 6.07) is 9.48. The van der Waals surface area contributed by atoms with Gasteiger partial charge in [-0.2, -0.15) is 0 Å². The van der Waals surface area contributed by atoms with Gasteiger partial charge in [0.15, 0.2) is 0 Å². The predicted octanol–water partition coefficient (Wildman–Crippen LogP) is 2.09. The molecule has 0 aliphatic rings. The molecule has 1 aromatic carbocycles. The summed E-state index contributed by atoms with van der Waals surface area (Å²) in [5.74, 6) is -0.211. The van der Waals surface area contributed by atoms with Gasteiger partial charge in [0.25, 0.3) is 5.91 Å². The summed E-state index contributed by atoms with van der Waals surface area (Å²) in [5, 5.41) is 2.84. The van der Waals surface area contributed by atoms with Gasteiger partial charge in [-0.25, -0.2) is 13.1 Å². The Labute approximate surface area is 142 Å². The Morgan fingerprint density at radius 1 is 1.21 bits per heavy atom. The highest BCUT2D eigenvalue weighted by atomic mass is 32.2. The molecule has 0 aliphatic heterocycles. The number of hydrogen-bond acceptors (Lipinski definition) is 4. The zero-order valence-electron chi connectivity index (χ0n) is 13.7. The molecule has 0 radical (unpaired) electrons. The van der Waals surface area contributed by atoms with Crippen molar-refractivity contribution in [3.63, 3.8) is 0 Å². The molecule has 2 rings (SSSR count). The Hall–Kier alpha value is -2.25. The van der Waals surface area contributed by atoms with Crippen LogP contribution < -0.4 is 10.0 Å². The van der Waals surface area contributed by atoms with Crippen LogP contribution in [0.25, 0.3) is 0 Å². The Balaban J connectivity index is 2.04. The number of carbonyl (C=O) groups is 1. The molecule has 1 amide bonds. The molecule has 6 nitrogen and oxygen atoms in total. The average Bonchev–Trinajstić information content (AvgIpc) is 2.61. The minimum atomic E-state index is -3.64. The van der Waals surface area contributed by atoms with Crippen LogP contribution in [0.1, 0.15) is 36.2 Å². The lowest BCUT2D eigenvalue weighted by atomic mass is 10.2. The fraction of sp³-hybridized carbons (Fsp3) is 0.294. The molecule has 1 heterocycles. The number of benzene rings is 1. The molecular formula is C17H21N3O3S. The molecule has 0 saturated carbocycles. The van der Waals surface area contributed by atoms with Crippen molar-refractivity contribution in [1.82, 2.24) is 15.0 Å². The van der Waals surface area contributed by atoms with Crippen LogP contribution >= 0.6 is 0 Å². The van der Waals surface area contributed by atoms with Gasteiger partial charge < -0.3 is 5.32 Å². The quantitative estimate of drug-likeness (QED) is 0.803. The van der Waals surface area contributed by atoms with Crippen LogP contribution in [0.3, 0.4) is 0 Å². The van der Waals surface area contributed by atoms with Gasteiger partial charge >= 0.3 is 0 Å². The van der Waals surface area contributed by atoms with E-state index in [0.717, 1.165) is 12.0 Å². The smallest absolute Gasteiger partial charge is 0.251 e. The van der Waals surface area contributed by atoms with Crippen molar-refractivity contribution in [2.45, 2.75) is 37.8 Å². The second kappa shape index (κ2) is 8.03. The van der Waals surface area contributed by atoms with Gasteiger partial charge in [-0.15, -0.1) is 0 Å². The minimum absolute atomic E-state index is 0.0713. The van der Waals surface area contributed by atoms with E-state index in [9.17, 15) is 13.2 Å². The van der Waals surface area contributed by atoms with Crippen LogP contribution in [0.15, 0.2) is 53.7 Å². The maximum atomic E-state index is 12.3. The second-order valence-corrected chi connectivity index (χ2v) is 7.26. The van der Waals surface area contributed by atoms with Gasteiger partial charge in [-0.05, 0) is 49.2 Å².